The van der Waals surface area contributed by atoms with Crippen LogP contribution in [0.3, 0.4) is 0 Å². The van der Waals surface area contributed by atoms with E-state index >= 15 is 0 Å². The van der Waals surface area contributed by atoms with Gasteiger partial charge in [0.15, 0.2) is 23.9 Å². The van der Waals surface area contributed by atoms with Crippen LogP contribution >= 0.6 is 33.9 Å². The number of nitrogens with zero attached hydrogens (tertiary/aromatic N) is 3. The van der Waals surface area contributed by atoms with Crippen molar-refractivity contribution >= 4 is 80.9 Å². The fraction of sp³-hybridized carbons (Fsp3) is 0.333. The van der Waals surface area contributed by atoms with Gasteiger partial charge in [-0.05, 0) is 101 Å². The molecule has 3 N–H and O–H groups in total. The number of carbonyl (C=O) groups excluding carboxylic acids is 1. The SMILES string of the molecule is CN[C@H](C)C(=O)O.C[C@H](C(=O)O)N(C)S(=O)(=O)c1ccccc1.C[C@H](C(=O)O[C@@H](Cc1c(Cl)c[n+]([O-])cc1Cl)c1ccc(OC(F)F)c(OCC2CC2)c1)N(C)S(=O)(=O)c1ccccc1.O=S(=O)(Cl)c1ccccc1. The smallest absolute Gasteiger partial charge is 0.387 e. The minimum Gasteiger partial charge on any atom is -0.619 e. The second-order valence-corrected chi connectivity index (χ2v) is 23.6. The Morgan fingerprint density at radius 2 is 1.19 bits per heavy atom. The van der Waals surface area contributed by atoms with Crippen molar-refractivity contribution in [2.75, 3.05) is 27.7 Å². The van der Waals surface area contributed by atoms with E-state index in [1.54, 1.807) is 68.6 Å². The quantitative estimate of drug-likeness (QED) is 0.0293. The molecule has 4 atom stereocenters. The number of nitrogens with one attached hydrogen (secondary N) is 1. The van der Waals surface area contributed by atoms with E-state index in [0.29, 0.717) is 16.2 Å². The molecular formula is C48H55Cl3F2N4O15S3. The monoisotopic (exact) mass is 1170 g/mol. The molecule has 19 nitrogen and oxygen atoms in total. The number of ether oxygens (including phenoxy) is 3. The van der Waals surface area contributed by atoms with Crippen LogP contribution in [0, 0.1) is 11.1 Å². The van der Waals surface area contributed by atoms with Crippen molar-refractivity contribution in [2.45, 2.75) is 85.6 Å². The summed E-state index contributed by atoms with van der Waals surface area (Å²) in [5.74, 6) is -2.79. The molecule has 0 bridgehead atoms. The van der Waals surface area contributed by atoms with Gasteiger partial charge in [0.1, 0.15) is 34.3 Å². The number of benzene rings is 4. The number of hydrogen-bond acceptors (Lipinski definition) is 14. The maximum Gasteiger partial charge on any atom is 0.387 e. The minimum atomic E-state index is -4.05. The topological polar surface area (TPSA) is 267 Å². The fourth-order valence-electron chi connectivity index (χ4n) is 5.84. The Balaban J connectivity index is 0.000000361. The van der Waals surface area contributed by atoms with Gasteiger partial charge in [0.2, 0.25) is 20.0 Å². The maximum atomic E-state index is 13.4. The van der Waals surface area contributed by atoms with Gasteiger partial charge in [0.05, 0.1) is 21.3 Å². The van der Waals surface area contributed by atoms with Crippen LogP contribution in [0.2, 0.25) is 10.0 Å². The second kappa shape index (κ2) is 29.0. The Labute approximate surface area is 448 Å². The number of aliphatic carboxylic acids is 2. The fourth-order valence-corrected chi connectivity index (χ4v) is 9.91. The Morgan fingerprint density at radius 3 is 1.56 bits per heavy atom. The van der Waals surface area contributed by atoms with Gasteiger partial charge >= 0.3 is 24.5 Å². The third kappa shape index (κ3) is 19.7. The zero-order valence-corrected chi connectivity index (χ0v) is 45.7. The summed E-state index contributed by atoms with van der Waals surface area (Å²) in [6.45, 7) is 1.46. The molecule has 6 rings (SSSR count). The molecule has 0 saturated heterocycles. The molecule has 1 saturated carbocycles. The average molecular weight is 1170 g/mol. The minimum absolute atomic E-state index is 0.00164. The lowest BCUT2D eigenvalue weighted by Crippen LogP contribution is -2.41. The van der Waals surface area contributed by atoms with E-state index in [0.717, 1.165) is 33.8 Å². The van der Waals surface area contributed by atoms with Crippen molar-refractivity contribution in [2.24, 2.45) is 5.92 Å². The third-order valence-electron chi connectivity index (χ3n) is 10.9. The highest BCUT2D eigenvalue weighted by atomic mass is 35.7. The van der Waals surface area contributed by atoms with E-state index in [-0.39, 0.29) is 54.8 Å². The Hall–Kier alpha value is -5.70. The summed E-state index contributed by atoms with van der Waals surface area (Å²) in [7, 11) is -2.17. The van der Waals surface area contributed by atoms with Crippen LogP contribution < -0.4 is 19.5 Å². The molecule has 1 fully saturated rings. The van der Waals surface area contributed by atoms with Crippen LogP contribution in [0.5, 0.6) is 11.5 Å². The zero-order chi connectivity index (χ0) is 56.4. The van der Waals surface area contributed by atoms with E-state index in [2.05, 4.69) is 10.1 Å². The molecule has 0 spiro atoms. The number of esters is 1. The van der Waals surface area contributed by atoms with Gasteiger partial charge in [-0.25, -0.2) is 25.3 Å². The van der Waals surface area contributed by atoms with E-state index in [1.165, 1.54) is 82.5 Å². The predicted octanol–water partition coefficient (Wildman–Crippen LogP) is 7.63. The summed E-state index contributed by atoms with van der Waals surface area (Å²) < 4.78 is 116. The van der Waals surface area contributed by atoms with Crippen molar-refractivity contribution in [1.29, 1.82) is 0 Å². The summed E-state index contributed by atoms with van der Waals surface area (Å²) in [5.41, 5.74) is 0.581. The van der Waals surface area contributed by atoms with Crippen molar-refractivity contribution < 1.29 is 77.6 Å². The molecule has 0 unspecified atom stereocenters. The second-order valence-electron chi connectivity index (χ2n) is 16.2. The lowest BCUT2D eigenvalue weighted by Gasteiger charge is -2.26. The lowest BCUT2D eigenvalue weighted by atomic mass is 10.0. The Morgan fingerprint density at radius 1 is 0.733 bits per heavy atom. The van der Waals surface area contributed by atoms with Crippen LogP contribution in [0.25, 0.3) is 0 Å². The average Bonchev–Trinajstić information content (AvgIpc) is 4.21. The zero-order valence-electron chi connectivity index (χ0n) is 41.0. The van der Waals surface area contributed by atoms with Crippen molar-refractivity contribution in [3.63, 3.8) is 0 Å². The molecule has 4 aromatic carbocycles. The molecule has 27 heteroatoms. The number of likely N-dealkylation sites (N-methyl/N-ethyl adjacent to an activating group) is 3. The highest BCUT2D eigenvalue weighted by Crippen LogP contribution is 2.38. The van der Waals surface area contributed by atoms with Gasteiger partial charge < -0.3 is 34.9 Å². The van der Waals surface area contributed by atoms with Gasteiger partial charge in [-0.3, -0.25) is 14.4 Å². The van der Waals surface area contributed by atoms with Gasteiger partial charge in [0, 0.05) is 36.8 Å². The molecule has 1 heterocycles. The van der Waals surface area contributed by atoms with Crippen LogP contribution in [-0.4, -0.2) is 114 Å². The van der Waals surface area contributed by atoms with Crippen molar-refractivity contribution in [3.05, 3.63) is 148 Å². The number of aromatic nitrogens is 1. The summed E-state index contributed by atoms with van der Waals surface area (Å²) >= 11 is 12.6. The van der Waals surface area contributed by atoms with Gasteiger partial charge in [-0.2, -0.15) is 22.1 Å². The van der Waals surface area contributed by atoms with E-state index in [9.17, 15) is 53.6 Å². The number of hydrogen-bond donors (Lipinski definition) is 3. The van der Waals surface area contributed by atoms with Gasteiger partial charge in [0.25, 0.3) is 9.05 Å². The molecule has 410 valence electrons. The largest absolute Gasteiger partial charge is 0.619 e. The summed E-state index contributed by atoms with van der Waals surface area (Å²) in [4.78, 5) is 34.2. The van der Waals surface area contributed by atoms with E-state index < -0.39 is 77.8 Å². The Kier molecular flexibility index (Phi) is 24.6. The summed E-state index contributed by atoms with van der Waals surface area (Å²) in [5, 5.41) is 31.2. The van der Waals surface area contributed by atoms with Crippen LogP contribution in [0.4, 0.5) is 8.78 Å². The Bertz CT molecular complexity index is 3000. The van der Waals surface area contributed by atoms with Crippen LogP contribution in [0.15, 0.2) is 136 Å². The maximum absolute atomic E-state index is 13.4. The number of pyridine rings is 1. The van der Waals surface area contributed by atoms with Crippen molar-refractivity contribution in [3.8, 4) is 11.5 Å². The summed E-state index contributed by atoms with van der Waals surface area (Å²) in [6.07, 6.45) is 2.78. The van der Waals surface area contributed by atoms with Crippen molar-refractivity contribution in [1.82, 2.24) is 13.9 Å². The summed E-state index contributed by atoms with van der Waals surface area (Å²) in [6, 6.07) is 24.5. The van der Waals surface area contributed by atoms with Crippen LogP contribution in [-0.2, 0) is 54.6 Å². The molecule has 1 aromatic heterocycles. The number of alkyl halides is 2. The third-order valence-corrected chi connectivity index (χ3v) is 16.8. The molecule has 0 aliphatic heterocycles. The molecule has 5 aromatic rings. The number of carboxylic acid groups (broad SMARTS) is 2. The number of halogens is 5. The first-order valence-electron chi connectivity index (χ1n) is 22.2. The normalized spacial score (nSPS) is 14.1. The number of sulfonamides is 2. The molecular weight excluding hydrogens is 1110 g/mol. The highest BCUT2D eigenvalue weighted by Gasteiger charge is 2.34. The first-order chi connectivity index (χ1) is 35.0. The number of carboxylic acids is 2. The molecule has 1 aliphatic rings. The molecule has 0 amide bonds. The molecule has 75 heavy (non-hydrogen) atoms. The highest BCUT2D eigenvalue weighted by molar-refractivity contribution is 8.13. The van der Waals surface area contributed by atoms with Gasteiger partial charge in [-0.1, -0.05) is 83.9 Å². The predicted molar refractivity (Wildman–Crippen MR) is 274 cm³/mol. The number of carbonyl (C=O) groups is 3. The van der Waals surface area contributed by atoms with Gasteiger partial charge in [-0.15, -0.1) is 0 Å². The molecule has 1 aliphatic carbocycles. The van der Waals surface area contributed by atoms with Crippen LogP contribution in [0.1, 0.15) is 50.8 Å². The first kappa shape index (κ1) is 63.6. The standard InChI is InChI=1S/C28H28Cl2F2N2O7S.C10H13NO4S.C6H5ClO2S.C4H9NO2/c1-17(33(2)42(37,38)20-6-4-3-5-7-20)27(35)40-25(13-21-22(29)14-34(36)15-23(21)30)19-10-11-24(41-28(31)32)26(12-19)39-16-18-8-9-18;1-8(10(12)13)11(2)16(14,15)9-6-4-3-5-7-9;7-10(8,9)6-4-2-1-3-5-6;1-3(5-2)4(6)7/h3-7,10-12,14-15,17-18,25,28H,8-9,13,16H2,1-2H3;3-8H,1-2H3,(H,12,13);1-5H;3,5H,1-2H3,(H,6,7)/t17-,25+;8-;;3-/m11.1/s1. The number of rotatable bonds is 20. The lowest BCUT2D eigenvalue weighted by molar-refractivity contribution is -0.605. The molecule has 0 radical (unpaired) electrons. The van der Waals surface area contributed by atoms with E-state index in [1.807, 2.05) is 0 Å². The van der Waals surface area contributed by atoms with E-state index in [4.69, 9.17) is 53.6 Å². The first-order valence-corrected chi connectivity index (χ1v) is 28.1.